The molecule has 0 radical (unpaired) electrons. The first-order valence-corrected chi connectivity index (χ1v) is 7.22. The minimum atomic E-state index is -0.980. The van der Waals surface area contributed by atoms with E-state index in [0.717, 1.165) is 0 Å². The standard InChI is InChI=1S/C14H25N3O5/c1-5-17(7-10(15)18)14(6-11(19)20)8-16(9-14)12(21)22-13(2,3)4/h5-9H2,1-4H3,(H2,15,18)(H,19,20). The first-order chi connectivity index (χ1) is 9.99. The Morgan fingerprint density at radius 1 is 1.32 bits per heavy atom. The molecule has 3 N–H and O–H groups in total. The highest BCUT2D eigenvalue weighted by molar-refractivity contribution is 5.77. The number of aliphatic carboxylic acids is 1. The van der Waals surface area contributed by atoms with Crippen molar-refractivity contribution in [3.05, 3.63) is 0 Å². The highest BCUT2D eigenvalue weighted by atomic mass is 16.6. The van der Waals surface area contributed by atoms with Gasteiger partial charge < -0.3 is 20.5 Å². The maximum atomic E-state index is 12.0. The average Bonchev–Trinajstić information content (AvgIpc) is 2.27. The molecule has 0 saturated carbocycles. The van der Waals surface area contributed by atoms with Crippen molar-refractivity contribution in [2.24, 2.45) is 5.73 Å². The van der Waals surface area contributed by atoms with Gasteiger partial charge in [-0.05, 0) is 27.3 Å². The van der Waals surface area contributed by atoms with E-state index in [1.165, 1.54) is 4.90 Å². The maximum absolute atomic E-state index is 12.0. The predicted octanol–water partition coefficient (Wildman–Crippen LogP) is 0.258. The lowest BCUT2D eigenvalue weighted by Gasteiger charge is -2.54. The van der Waals surface area contributed by atoms with Gasteiger partial charge in [0.05, 0.1) is 18.5 Å². The van der Waals surface area contributed by atoms with Crippen LogP contribution in [0, 0.1) is 0 Å². The SMILES string of the molecule is CCN(CC(N)=O)C1(CC(=O)O)CN(C(=O)OC(C)(C)C)C1. The van der Waals surface area contributed by atoms with Crippen LogP contribution in [0.1, 0.15) is 34.1 Å². The number of rotatable bonds is 6. The fourth-order valence-corrected chi connectivity index (χ4v) is 2.63. The molecule has 2 amide bonds. The van der Waals surface area contributed by atoms with Gasteiger partial charge in [0.1, 0.15) is 5.60 Å². The quantitative estimate of drug-likeness (QED) is 0.727. The minimum Gasteiger partial charge on any atom is -0.481 e. The van der Waals surface area contributed by atoms with Crippen LogP contribution in [0.5, 0.6) is 0 Å². The van der Waals surface area contributed by atoms with Crippen LogP contribution in [0.4, 0.5) is 4.79 Å². The second-order valence-electron chi connectivity index (χ2n) is 6.61. The Morgan fingerprint density at radius 2 is 1.86 bits per heavy atom. The number of carboxylic acids is 1. The number of carboxylic acid groups (broad SMARTS) is 1. The van der Waals surface area contributed by atoms with Gasteiger partial charge in [0.25, 0.3) is 0 Å². The van der Waals surface area contributed by atoms with Crippen LogP contribution in [0.2, 0.25) is 0 Å². The molecule has 0 spiro atoms. The molecule has 0 aromatic carbocycles. The van der Waals surface area contributed by atoms with Gasteiger partial charge in [0, 0.05) is 13.1 Å². The van der Waals surface area contributed by atoms with Crippen LogP contribution < -0.4 is 5.73 Å². The molecule has 1 rings (SSSR count). The van der Waals surface area contributed by atoms with Gasteiger partial charge in [-0.1, -0.05) is 6.92 Å². The summed E-state index contributed by atoms with van der Waals surface area (Å²) in [6.45, 7) is 7.96. The molecule has 22 heavy (non-hydrogen) atoms. The number of ether oxygens (including phenoxy) is 1. The third-order valence-electron chi connectivity index (χ3n) is 3.50. The van der Waals surface area contributed by atoms with Gasteiger partial charge in [-0.15, -0.1) is 0 Å². The molecule has 1 aliphatic heterocycles. The largest absolute Gasteiger partial charge is 0.481 e. The zero-order chi connectivity index (χ0) is 17.1. The smallest absolute Gasteiger partial charge is 0.410 e. The van der Waals surface area contributed by atoms with Crippen molar-refractivity contribution in [2.75, 3.05) is 26.2 Å². The van der Waals surface area contributed by atoms with E-state index in [-0.39, 0.29) is 26.1 Å². The Labute approximate surface area is 130 Å². The van der Waals surface area contributed by atoms with Crippen molar-refractivity contribution in [3.63, 3.8) is 0 Å². The summed E-state index contributed by atoms with van der Waals surface area (Å²) in [6, 6.07) is 0. The molecule has 1 heterocycles. The highest BCUT2D eigenvalue weighted by Crippen LogP contribution is 2.32. The van der Waals surface area contributed by atoms with Gasteiger partial charge in [-0.3, -0.25) is 14.5 Å². The topological polar surface area (TPSA) is 113 Å². The minimum absolute atomic E-state index is 0.0358. The van der Waals surface area contributed by atoms with Crippen LogP contribution >= 0.6 is 0 Å². The second kappa shape index (κ2) is 6.51. The number of primary amides is 1. The Hall–Kier alpha value is -1.83. The summed E-state index contributed by atoms with van der Waals surface area (Å²) < 4.78 is 5.26. The number of hydrogen-bond donors (Lipinski definition) is 2. The molecule has 0 aliphatic carbocycles. The molecule has 8 heteroatoms. The summed E-state index contributed by atoms with van der Waals surface area (Å²) in [5.41, 5.74) is 3.84. The van der Waals surface area contributed by atoms with Crippen molar-refractivity contribution < 1.29 is 24.2 Å². The zero-order valence-corrected chi connectivity index (χ0v) is 13.6. The summed E-state index contributed by atoms with van der Waals surface area (Å²) in [5.74, 6) is -1.51. The molecule has 0 bridgehead atoms. The molecule has 1 aliphatic rings. The van der Waals surface area contributed by atoms with Gasteiger partial charge in [-0.25, -0.2) is 4.79 Å². The molecule has 1 fully saturated rings. The van der Waals surface area contributed by atoms with Crippen LogP contribution in [0.15, 0.2) is 0 Å². The third kappa shape index (κ3) is 4.59. The molecular formula is C14H25N3O5. The predicted molar refractivity (Wildman–Crippen MR) is 79.2 cm³/mol. The maximum Gasteiger partial charge on any atom is 0.410 e. The Kier molecular flexibility index (Phi) is 5.39. The van der Waals surface area contributed by atoms with Gasteiger partial charge in [0.15, 0.2) is 0 Å². The van der Waals surface area contributed by atoms with E-state index in [9.17, 15) is 14.4 Å². The number of likely N-dealkylation sites (tertiary alicyclic amines) is 1. The fraction of sp³-hybridized carbons (Fsp3) is 0.786. The van der Waals surface area contributed by atoms with Crippen LogP contribution in [0.3, 0.4) is 0 Å². The number of hydrogen-bond acceptors (Lipinski definition) is 5. The molecular weight excluding hydrogens is 290 g/mol. The molecule has 8 nitrogen and oxygen atoms in total. The highest BCUT2D eigenvalue weighted by Gasteiger charge is 2.51. The molecule has 0 atom stereocenters. The van der Waals surface area contributed by atoms with Gasteiger partial charge in [0.2, 0.25) is 5.91 Å². The van der Waals surface area contributed by atoms with Gasteiger partial charge >= 0.3 is 12.1 Å². The summed E-state index contributed by atoms with van der Waals surface area (Å²) in [5, 5.41) is 9.13. The van der Waals surface area contributed by atoms with E-state index < -0.39 is 29.1 Å². The van der Waals surface area contributed by atoms with Crippen LogP contribution in [-0.2, 0) is 14.3 Å². The Bertz CT molecular complexity index is 452. The van der Waals surface area contributed by atoms with E-state index in [1.54, 1.807) is 25.7 Å². The van der Waals surface area contributed by atoms with E-state index >= 15 is 0 Å². The fourth-order valence-electron chi connectivity index (χ4n) is 2.63. The summed E-state index contributed by atoms with van der Waals surface area (Å²) in [6.07, 6.45) is -0.642. The monoisotopic (exact) mass is 315 g/mol. The van der Waals surface area contributed by atoms with E-state index in [4.69, 9.17) is 15.6 Å². The van der Waals surface area contributed by atoms with Crippen molar-refractivity contribution in [1.82, 2.24) is 9.80 Å². The molecule has 1 saturated heterocycles. The lowest BCUT2D eigenvalue weighted by molar-refractivity contribution is -0.147. The second-order valence-corrected chi connectivity index (χ2v) is 6.61. The average molecular weight is 315 g/mol. The third-order valence-corrected chi connectivity index (χ3v) is 3.50. The lowest BCUT2D eigenvalue weighted by Crippen LogP contribution is -2.72. The van der Waals surface area contributed by atoms with Gasteiger partial charge in [-0.2, -0.15) is 0 Å². The summed E-state index contributed by atoms with van der Waals surface area (Å²) >= 11 is 0. The van der Waals surface area contributed by atoms with Crippen molar-refractivity contribution >= 4 is 18.0 Å². The lowest BCUT2D eigenvalue weighted by atomic mass is 9.84. The first kappa shape index (κ1) is 18.2. The number of nitrogens with zero attached hydrogens (tertiary/aromatic N) is 2. The van der Waals surface area contributed by atoms with E-state index in [2.05, 4.69) is 0 Å². The molecule has 126 valence electrons. The molecule has 0 aromatic rings. The van der Waals surface area contributed by atoms with E-state index in [1.807, 2.05) is 6.92 Å². The Balaban J connectivity index is 2.80. The molecule has 0 unspecified atom stereocenters. The normalized spacial score (nSPS) is 17.0. The number of carbonyl (C=O) groups excluding carboxylic acids is 2. The summed E-state index contributed by atoms with van der Waals surface area (Å²) in [4.78, 5) is 37.5. The zero-order valence-electron chi connectivity index (χ0n) is 13.6. The van der Waals surface area contributed by atoms with Crippen molar-refractivity contribution in [1.29, 1.82) is 0 Å². The van der Waals surface area contributed by atoms with Crippen molar-refractivity contribution in [2.45, 2.75) is 45.3 Å². The van der Waals surface area contributed by atoms with Crippen molar-refractivity contribution in [3.8, 4) is 0 Å². The molecule has 0 aromatic heterocycles. The number of carbonyl (C=O) groups is 3. The number of nitrogens with two attached hydrogens (primary N) is 1. The van der Waals surface area contributed by atoms with Crippen LogP contribution in [-0.4, -0.2) is 70.2 Å². The van der Waals surface area contributed by atoms with E-state index in [0.29, 0.717) is 6.54 Å². The number of amides is 2. The first-order valence-electron chi connectivity index (χ1n) is 7.22. The summed E-state index contributed by atoms with van der Waals surface area (Å²) in [7, 11) is 0. The number of likely N-dealkylation sites (N-methyl/N-ethyl adjacent to an activating group) is 1. The van der Waals surface area contributed by atoms with Crippen LogP contribution in [0.25, 0.3) is 0 Å². The Morgan fingerprint density at radius 3 is 2.23 bits per heavy atom.